The summed E-state index contributed by atoms with van der Waals surface area (Å²) in [7, 11) is 1.53. The zero-order chi connectivity index (χ0) is 21.5. The van der Waals surface area contributed by atoms with Crippen molar-refractivity contribution in [2.75, 3.05) is 7.11 Å². The van der Waals surface area contributed by atoms with Gasteiger partial charge in [0.25, 0.3) is 5.91 Å². The number of rotatable bonds is 6. The van der Waals surface area contributed by atoms with Crippen LogP contribution >= 0.6 is 15.9 Å². The summed E-state index contributed by atoms with van der Waals surface area (Å²) in [4.78, 5) is 24.7. The Bertz CT molecular complexity index is 1090. The normalized spacial score (nSPS) is 10.6. The molecule has 0 heterocycles. The largest absolute Gasteiger partial charge is 0.497 e. The molecule has 3 aromatic carbocycles. The smallest absolute Gasteiger partial charge is 0.343 e. The van der Waals surface area contributed by atoms with E-state index in [1.807, 2.05) is 19.1 Å². The van der Waals surface area contributed by atoms with Crippen LogP contribution in [0, 0.1) is 6.92 Å². The van der Waals surface area contributed by atoms with Gasteiger partial charge in [-0.05, 0) is 55.5 Å². The molecule has 0 aliphatic heterocycles. The third-order valence-corrected chi connectivity index (χ3v) is 4.66. The SMILES string of the molecule is COc1cccc(C(=O)NN=Cc2cc(Br)ccc2OC(=O)c2ccc(C)cc2)c1. The van der Waals surface area contributed by atoms with Crippen LogP contribution in [-0.2, 0) is 0 Å². The molecule has 0 spiro atoms. The predicted molar refractivity (Wildman–Crippen MR) is 118 cm³/mol. The number of ether oxygens (including phenoxy) is 2. The van der Waals surface area contributed by atoms with Crippen molar-refractivity contribution >= 4 is 34.0 Å². The molecule has 0 saturated heterocycles. The number of hydrogen-bond donors (Lipinski definition) is 1. The van der Waals surface area contributed by atoms with Gasteiger partial charge in [0, 0.05) is 15.6 Å². The molecule has 1 N–H and O–H groups in total. The van der Waals surface area contributed by atoms with Gasteiger partial charge in [0.1, 0.15) is 11.5 Å². The third-order valence-electron chi connectivity index (χ3n) is 4.16. The van der Waals surface area contributed by atoms with E-state index >= 15 is 0 Å². The second-order valence-corrected chi connectivity index (χ2v) is 7.28. The van der Waals surface area contributed by atoms with Crippen molar-refractivity contribution in [1.29, 1.82) is 0 Å². The van der Waals surface area contributed by atoms with Crippen molar-refractivity contribution in [1.82, 2.24) is 5.43 Å². The van der Waals surface area contributed by atoms with E-state index in [1.54, 1.807) is 54.6 Å². The van der Waals surface area contributed by atoms with Crippen LogP contribution in [0.3, 0.4) is 0 Å². The first-order valence-corrected chi connectivity index (χ1v) is 9.81. The molecule has 3 rings (SSSR count). The molecule has 0 aliphatic carbocycles. The van der Waals surface area contributed by atoms with Crippen LogP contribution in [0.25, 0.3) is 0 Å². The fourth-order valence-electron chi connectivity index (χ4n) is 2.55. The average molecular weight is 467 g/mol. The van der Waals surface area contributed by atoms with Crippen LogP contribution in [0.15, 0.2) is 76.3 Å². The number of halogens is 1. The summed E-state index contributed by atoms with van der Waals surface area (Å²) in [6.07, 6.45) is 1.42. The molecule has 7 heteroatoms. The number of aryl methyl sites for hydroxylation is 1. The van der Waals surface area contributed by atoms with Gasteiger partial charge in [0.2, 0.25) is 0 Å². The van der Waals surface area contributed by atoms with Gasteiger partial charge in [0.15, 0.2) is 0 Å². The minimum absolute atomic E-state index is 0.322. The van der Waals surface area contributed by atoms with E-state index in [1.165, 1.54) is 13.3 Å². The summed E-state index contributed by atoms with van der Waals surface area (Å²) in [5.74, 6) is 0.0258. The molecule has 0 fully saturated rings. The third kappa shape index (κ3) is 5.55. The van der Waals surface area contributed by atoms with Gasteiger partial charge >= 0.3 is 5.97 Å². The number of carbonyl (C=O) groups is 2. The number of benzene rings is 3. The maximum atomic E-state index is 12.4. The Kier molecular flexibility index (Phi) is 6.98. The van der Waals surface area contributed by atoms with E-state index in [-0.39, 0.29) is 0 Å². The molecule has 6 nitrogen and oxygen atoms in total. The quantitative estimate of drug-likeness (QED) is 0.246. The van der Waals surface area contributed by atoms with Gasteiger partial charge in [-0.25, -0.2) is 10.2 Å². The number of nitrogens with zero attached hydrogens (tertiary/aromatic N) is 1. The highest BCUT2D eigenvalue weighted by molar-refractivity contribution is 9.10. The number of carbonyl (C=O) groups excluding carboxylic acids is 2. The van der Waals surface area contributed by atoms with Crippen LogP contribution in [-0.4, -0.2) is 25.2 Å². The number of nitrogens with one attached hydrogen (secondary N) is 1. The number of amides is 1. The summed E-state index contributed by atoms with van der Waals surface area (Å²) in [5, 5.41) is 3.99. The van der Waals surface area contributed by atoms with Crippen LogP contribution in [0.5, 0.6) is 11.5 Å². The van der Waals surface area contributed by atoms with Gasteiger partial charge in [-0.1, -0.05) is 39.7 Å². The van der Waals surface area contributed by atoms with Crippen molar-refractivity contribution in [2.24, 2.45) is 5.10 Å². The molecule has 3 aromatic rings. The summed E-state index contributed by atoms with van der Waals surface area (Å²) in [6.45, 7) is 1.94. The maximum Gasteiger partial charge on any atom is 0.343 e. The molecular formula is C23H19BrN2O4. The molecule has 1 amide bonds. The first-order valence-electron chi connectivity index (χ1n) is 9.02. The molecule has 0 unspecified atom stereocenters. The van der Waals surface area contributed by atoms with Gasteiger partial charge in [0.05, 0.1) is 18.9 Å². The van der Waals surface area contributed by atoms with Crippen LogP contribution in [0.4, 0.5) is 0 Å². The topological polar surface area (TPSA) is 77.0 Å². The molecule has 0 bridgehead atoms. The molecule has 152 valence electrons. The second kappa shape index (κ2) is 9.84. The highest BCUT2D eigenvalue weighted by Crippen LogP contribution is 2.23. The number of hydrogen-bond acceptors (Lipinski definition) is 5. The Morgan fingerprint density at radius 3 is 2.50 bits per heavy atom. The van der Waals surface area contributed by atoms with E-state index in [0.717, 1.165) is 10.0 Å². The lowest BCUT2D eigenvalue weighted by molar-refractivity contribution is 0.0734. The van der Waals surface area contributed by atoms with Crippen molar-refractivity contribution in [3.8, 4) is 11.5 Å². The lowest BCUT2D eigenvalue weighted by Gasteiger charge is -2.08. The highest BCUT2D eigenvalue weighted by Gasteiger charge is 2.12. The van der Waals surface area contributed by atoms with Crippen molar-refractivity contribution < 1.29 is 19.1 Å². The summed E-state index contributed by atoms with van der Waals surface area (Å²) in [5.41, 5.74) is 4.88. The number of esters is 1. The van der Waals surface area contributed by atoms with Gasteiger partial charge in [-0.3, -0.25) is 4.79 Å². The van der Waals surface area contributed by atoms with Crippen LogP contribution < -0.4 is 14.9 Å². The predicted octanol–water partition coefficient (Wildman–Crippen LogP) is 4.75. The second-order valence-electron chi connectivity index (χ2n) is 6.37. The molecule has 0 aromatic heterocycles. The van der Waals surface area contributed by atoms with E-state index in [4.69, 9.17) is 9.47 Å². The summed E-state index contributed by atoms with van der Waals surface area (Å²) in [6, 6.07) is 19.0. The van der Waals surface area contributed by atoms with Crippen molar-refractivity contribution in [3.63, 3.8) is 0 Å². The zero-order valence-electron chi connectivity index (χ0n) is 16.4. The van der Waals surface area contributed by atoms with E-state index in [9.17, 15) is 9.59 Å². The minimum Gasteiger partial charge on any atom is -0.497 e. The number of hydrazone groups is 1. The Labute approximate surface area is 182 Å². The van der Waals surface area contributed by atoms with Gasteiger partial charge in [-0.15, -0.1) is 0 Å². The molecule has 0 saturated carbocycles. The minimum atomic E-state index is -0.479. The first kappa shape index (κ1) is 21.3. The van der Waals surface area contributed by atoms with E-state index in [0.29, 0.717) is 28.2 Å². The zero-order valence-corrected chi connectivity index (χ0v) is 18.0. The van der Waals surface area contributed by atoms with Crippen molar-refractivity contribution in [2.45, 2.75) is 6.92 Å². The molecule has 0 aliphatic rings. The van der Waals surface area contributed by atoms with Crippen LogP contribution in [0.2, 0.25) is 0 Å². The fourth-order valence-corrected chi connectivity index (χ4v) is 2.93. The lowest BCUT2D eigenvalue weighted by Crippen LogP contribution is -2.17. The van der Waals surface area contributed by atoms with E-state index < -0.39 is 11.9 Å². The number of methoxy groups -OCH3 is 1. The van der Waals surface area contributed by atoms with E-state index in [2.05, 4.69) is 26.5 Å². The molecular weight excluding hydrogens is 448 g/mol. The Morgan fingerprint density at radius 1 is 1.00 bits per heavy atom. The first-order chi connectivity index (χ1) is 14.5. The standard InChI is InChI=1S/C23H19BrN2O4/c1-15-6-8-16(9-7-15)23(28)30-21-11-10-19(24)12-18(21)14-25-26-22(27)17-4-3-5-20(13-17)29-2/h3-14H,1-2H3,(H,26,27). The van der Waals surface area contributed by atoms with Crippen LogP contribution in [0.1, 0.15) is 31.8 Å². The van der Waals surface area contributed by atoms with Gasteiger partial charge in [-0.2, -0.15) is 5.10 Å². The summed E-state index contributed by atoms with van der Waals surface area (Å²) >= 11 is 3.39. The van der Waals surface area contributed by atoms with Crippen molar-refractivity contribution in [3.05, 3.63) is 93.5 Å². The highest BCUT2D eigenvalue weighted by atomic mass is 79.9. The van der Waals surface area contributed by atoms with Gasteiger partial charge < -0.3 is 9.47 Å². The fraction of sp³-hybridized carbons (Fsp3) is 0.0870. The Balaban J connectivity index is 1.73. The molecule has 30 heavy (non-hydrogen) atoms. The Hall–Kier alpha value is -3.45. The summed E-state index contributed by atoms with van der Waals surface area (Å²) < 4.78 is 11.4. The maximum absolute atomic E-state index is 12.4. The monoisotopic (exact) mass is 466 g/mol. The molecule has 0 atom stereocenters. The average Bonchev–Trinajstić information content (AvgIpc) is 2.76. The lowest BCUT2D eigenvalue weighted by atomic mass is 10.1. The molecule has 0 radical (unpaired) electrons. The Morgan fingerprint density at radius 2 is 1.77 bits per heavy atom.